The molecule has 0 spiro atoms. The molecular weight excluding hydrogens is 296 g/mol. The number of nitrogens with one attached hydrogen (secondary N) is 1. The fraction of sp³-hybridized carbons (Fsp3) is 0.562. The van der Waals surface area contributed by atoms with Crippen LogP contribution < -0.4 is 5.32 Å². The Kier molecular flexibility index (Phi) is 4.76. The van der Waals surface area contributed by atoms with Crippen molar-refractivity contribution in [2.24, 2.45) is 5.92 Å². The van der Waals surface area contributed by atoms with Crippen LogP contribution in [0.4, 0.5) is 0 Å². The van der Waals surface area contributed by atoms with Gasteiger partial charge in [0.1, 0.15) is 6.54 Å². The van der Waals surface area contributed by atoms with Crippen molar-refractivity contribution in [2.75, 3.05) is 6.54 Å². The number of carbonyl (C=O) groups is 1. The first-order valence-electron chi connectivity index (χ1n) is 8.03. The predicted octanol–water partition coefficient (Wildman–Crippen LogP) is 1.51. The van der Waals surface area contributed by atoms with Crippen molar-refractivity contribution in [3.05, 3.63) is 35.5 Å². The fourth-order valence-electron chi connectivity index (χ4n) is 3.00. The maximum absolute atomic E-state index is 12.1. The van der Waals surface area contributed by atoms with Crippen LogP contribution in [-0.4, -0.2) is 38.6 Å². The summed E-state index contributed by atoms with van der Waals surface area (Å²) >= 11 is 0. The minimum Gasteiger partial charge on any atom is -0.391 e. The van der Waals surface area contributed by atoms with E-state index in [1.807, 2.05) is 13.1 Å². The molecule has 2 aromatic rings. The molecule has 1 fully saturated rings. The summed E-state index contributed by atoms with van der Waals surface area (Å²) in [5, 5.41) is 20.7. The molecule has 3 rings (SSSR count). The molecule has 7 nitrogen and oxygen atoms in total. The van der Waals surface area contributed by atoms with Gasteiger partial charge >= 0.3 is 0 Å². The van der Waals surface area contributed by atoms with Gasteiger partial charge in [-0.05, 0) is 31.2 Å². The second-order valence-corrected chi connectivity index (χ2v) is 6.22. The van der Waals surface area contributed by atoms with E-state index in [9.17, 15) is 9.90 Å². The van der Waals surface area contributed by atoms with Gasteiger partial charge in [0.25, 0.3) is 5.91 Å². The molecule has 2 heterocycles. The Morgan fingerprint density at radius 1 is 1.52 bits per heavy atom. The Morgan fingerprint density at radius 2 is 2.30 bits per heavy atom. The van der Waals surface area contributed by atoms with Crippen LogP contribution in [0.2, 0.25) is 0 Å². The molecule has 2 N–H and O–H groups in total. The molecule has 0 aromatic carbocycles. The van der Waals surface area contributed by atoms with Gasteiger partial charge in [0.15, 0.2) is 11.5 Å². The van der Waals surface area contributed by atoms with E-state index < -0.39 is 6.10 Å². The van der Waals surface area contributed by atoms with E-state index >= 15 is 0 Å². The van der Waals surface area contributed by atoms with Gasteiger partial charge in [0, 0.05) is 18.8 Å². The number of aliphatic hydroxyl groups is 1. The summed E-state index contributed by atoms with van der Waals surface area (Å²) in [6.07, 6.45) is 7.56. The van der Waals surface area contributed by atoms with Crippen molar-refractivity contribution in [1.29, 1.82) is 0 Å². The standard InChI is InChI=1S/C16H22N4O3/c1-11-7-18-20(9-11)10-13-6-14(19-23-13)16(22)17-8-15(21)12-4-2-3-5-12/h6-7,9,12,15,21H,2-5,8,10H2,1H3,(H,17,22). The Morgan fingerprint density at radius 3 is 3.00 bits per heavy atom. The zero-order chi connectivity index (χ0) is 16.2. The molecule has 1 aliphatic carbocycles. The number of amides is 1. The van der Waals surface area contributed by atoms with Crippen LogP contribution in [0.25, 0.3) is 0 Å². The van der Waals surface area contributed by atoms with E-state index in [4.69, 9.17) is 4.52 Å². The van der Waals surface area contributed by atoms with Crippen LogP contribution in [0, 0.1) is 12.8 Å². The summed E-state index contributed by atoms with van der Waals surface area (Å²) in [4.78, 5) is 12.1. The molecule has 0 bridgehead atoms. The highest BCUT2D eigenvalue weighted by Crippen LogP contribution is 2.27. The van der Waals surface area contributed by atoms with Crippen LogP contribution in [0.15, 0.2) is 23.0 Å². The Labute approximate surface area is 134 Å². The van der Waals surface area contributed by atoms with E-state index in [1.54, 1.807) is 16.9 Å². The summed E-state index contributed by atoms with van der Waals surface area (Å²) < 4.78 is 6.90. The van der Waals surface area contributed by atoms with Gasteiger partial charge in [-0.15, -0.1) is 0 Å². The number of aliphatic hydroxyl groups excluding tert-OH is 1. The first-order chi connectivity index (χ1) is 11.1. The monoisotopic (exact) mass is 318 g/mol. The number of nitrogens with zero attached hydrogens (tertiary/aromatic N) is 3. The number of aromatic nitrogens is 3. The number of hydrogen-bond acceptors (Lipinski definition) is 5. The average molecular weight is 318 g/mol. The second-order valence-electron chi connectivity index (χ2n) is 6.22. The lowest BCUT2D eigenvalue weighted by Crippen LogP contribution is -2.35. The molecule has 0 radical (unpaired) electrons. The van der Waals surface area contributed by atoms with Crippen molar-refractivity contribution >= 4 is 5.91 Å². The molecule has 124 valence electrons. The number of hydrogen-bond donors (Lipinski definition) is 2. The smallest absolute Gasteiger partial charge is 0.273 e. The highest BCUT2D eigenvalue weighted by Gasteiger charge is 2.24. The Balaban J connectivity index is 1.51. The molecule has 1 aliphatic rings. The predicted molar refractivity (Wildman–Crippen MR) is 82.9 cm³/mol. The minimum absolute atomic E-state index is 0.225. The number of rotatable bonds is 6. The van der Waals surface area contributed by atoms with Crippen LogP contribution in [0.3, 0.4) is 0 Å². The maximum Gasteiger partial charge on any atom is 0.273 e. The Bertz CT molecular complexity index is 658. The first kappa shape index (κ1) is 15.7. The zero-order valence-corrected chi connectivity index (χ0v) is 13.2. The van der Waals surface area contributed by atoms with Crippen LogP contribution in [-0.2, 0) is 6.54 Å². The molecule has 2 aromatic heterocycles. The molecule has 0 saturated heterocycles. The van der Waals surface area contributed by atoms with Crippen LogP contribution >= 0.6 is 0 Å². The molecule has 1 atom stereocenters. The largest absolute Gasteiger partial charge is 0.391 e. The van der Waals surface area contributed by atoms with E-state index in [1.165, 1.54) is 0 Å². The number of carbonyl (C=O) groups excluding carboxylic acids is 1. The van der Waals surface area contributed by atoms with E-state index in [0.29, 0.717) is 18.2 Å². The molecule has 7 heteroatoms. The molecule has 1 amide bonds. The van der Waals surface area contributed by atoms with E-state index in [2.05, 4.69) is 15.6 Å². The lowest BCUT2D eigenvalue weighted by atomic mass is 10.0. The van der Waals surface area contributed by atoms with Crippen molar-refractivity contribution in [2.45, 2.75) is 45.3 Å². The summed E-state index contributed by atoms with van der Waals surface area (Å²) in [6, 6.07) is 1.61. The maximum atomic E-state index is 12.1. The highest BCUT2D eigenvalue weighted by atomic mass is 16.5. The van der Waals surface area contributed by atoms with Crippen molar-refractivity contribution in [1.82, 2.24) is 20.3 Å². The summed E-state index contributed by atoms with van der Waals surface area (Å²) in [7, 11) is 0. The Hall–Kier alpha value is -2.15. The molecule has 1 saturated carbocycles. The van der Waals surface area contributed by atoms with Gasteiger partial charge in [-0.2, -0.15) is 5.10 Å². The fourth-order valence-corrected chi connectivity index (χ4v) is 3.00. The third kappa shape index (κ3) is 3.98. The topological polar surface area (TPSA) is 93.2 Å². The summed E-state index contributed by atoms with van der Waals surface area (Å²) in [5.74, 6) is 0.537. The van der Waals surface area contributed by atoms with Crippen molar-refractivity contribution in [3.63, 3.8) is 0 Å². The quantitative estimate of drug-likeness (QED) is 0.842. The third-order valence-corrected chi connectivity index (χ3v) is 4.29. The summed E-state index contributed by atoms with van der Waals surface area (Å²) in [5.41, 5.74) is 1.28. The molecule has 0 aliphatic heterocycles. The van der Waals surface area contributed by atoms with Gasteiger partial charge < -0.3 is 14.9 Å². The van der Waals surface area contributed by atoms with Gasteiger partial charge in [0.05, 0.1) is 12.3 Å². The lowest BCUT2D eigenvalue weighted by molar-refractivity contribution is 0.0833. The summed E-state index contributed by atoms with van der Waals surface area (Å²) in [6.45, 7) is 2.64. The minimum atomic E-state index is -0.486. The number of aryl methyl sites for hydroxylation is 1. The molecular formula is C16H22N4O3. The first-order valence-corrected chi connectivity index (χ1v) is 8.03. The van der Waals surface area contributed by atoms with Gasteiger partial charge in [-0.3, -0.25) is 9.48 Å². The van der Waals surface area contributed by atoms with E-state index in [-0.39, 0.29) is 18.1 Å². The highest BCUT2D eigenvalue weighted by molar-refractivity contribution is 5.92. The van der Waals surface area contributed by atoms with Crippen molar-refractivity contribution in [3.8, 4) is 0 Å². The zero-order valence-electron chi connectivity index (χ0n) is 13.2. The SMILES string of the molecule is Cc1cnn(Cc2cc(C(=O)NCC(O)C3CCCC3)no2)c1. The van der Waals surface area contributed by atoms with Crippen molar-refractivity contribution < 1.29 is 14.4 Å². The van der Waals surface area contributed by atoms with Gasteiger partial charge in [0.2, 0.25) is 0 Å². The van der Waals surface area contributed by atoms with Gasteiger partial charge in [-0.1, -0.05) is 18.0 Å². The lowest BCUT2D eigenvalue weighted by Gasteiger charge is -2.17. The normalized spacial score (nSPS) is 16.6. The third-order valence-electron chi connectivity index (χ3n) is 4.29. The van der Waals surface area contributed by atoms with E-state index in [0.717, 1.165) is 31.2 Å². The van der Waals surface area contributed by atoms with Crippen LogP contribution in [0.5, 0.6) is 0 Å². The molecule has 23 heavy (non-hydrogen) atoms. The average Bonchev–Trinajstić information content (AvgIpc) is 3.26. The van der Waals surface area contributed by atoms with Gasteiger partial charge in [-0.25, -0.2) is 0 Å². The second kappa shape index (κ2) is 6.95. The van der Waals surface area contributed by atoms with Crippen LogP contribution in [0.1, 0.15) is 47.5 Å². The molecule has 1 unspecified atom stereocenters.